The number of carbonyl (C=O) groups is 1. The van der Waals surface area contributed by atoms with Gasteiger partial charge in [0, 0.05) is 5.92 Å². The number of thiol groups is 1. The molecule has 0 bridgehead atoms. The first kappa shape index (κ1) is 18.2. The van der Waals surface area contributed by atoms with Crippen molar-refractivity contribution in [1.29, 1.82) is 5.26 Å². The molecule has 0 spiro atoms. The van der Waals surface area contributed by atoms with Crippen molar-refractivity contribution in [2.24, 2.45) is 5.92 Å². The van der Waals surface area contributed by atoms with Crippen LogP contribution in [0.2, 0.25) is 0 Å². The fraction of sp³-hybridized carbons (Fsp3) is 0.375. The van der Waals surface area contributed by atoms with Crippen LogP contribution >= 0.6 is 12.8 Å². The van der Waals surface area contributed by atoms with Crippen LogP contribution in [0.25, 0.3) is 0 Å². The van der Waals surface area contributed by atoms with Crippen LogP contribution in [0.5, 0.6) is 0 Å². The van der Waals surface area contributed by atoms with Crippen molar-refractivity contribution in [2.45, 2.75) is 32.4 Å². The third-order valence-electron chi connectivity index (χ3n) is 3.76. The average Bonchev–Trinajstić information content (AvgIpc) is 3.37. The molecule has 0 unspecified atom stereocenters. The van der Waals surface area contributed by atoms with Crippen LogP contribution in [0, 0.1) is 17.2 Å². The van der Waals surface area contributed by atoms with E-state index in [2.05, 4.69) is 12.8 Å². The van der Waals surface area contributed by atoms with Crippen LogP contribution in [0.15, 0.2) is 29.5 Å². The third kappa shape index (κ3) is 3.67. The van der Waals surface area contributed by atoms with Gasteiger partial charge in [0.05, 0.1) is 11.3 Å². The summed E-state index contributed by atoms with van der Waals surface area (Å²) in [4.78, 5) is 12.3. The normalized spacial score (nSPS) is 15.5. The molecule has 0 radical (unpaired) electrons. The van der Waals surface area contributed by atoms with Crippen LogP contribution in [0.1, 0.15) is 30.9 Å². The molecule has 128 valence electrons. The number of amides is 1. The van der Waals surface area contributed by atoms with Crippen molar-refractivity contribution in [1.82, 2.24) is 0 Å². The molecule has 1 fully saturated rings. The van der Waals surface area contributed by atoms with Crippen molar-refractivity contribution in [3.63, 3.8) is 0 Å². The Labute approximate surface area is 142 Å². The summed E-state index contributed by atoms with van der Waals surface area (Å²) in [6.45, 7) is 1.57. The maximum atomic E-state index is 12.9. The highest BCUT2D eigenvalue weighted by molar-refractivity contribution is 7.82. The molecular weight excluding hydrogens is 341 g/mol. The number of aliphatic hydroxyl groups is 1. The molecule has 8 heteroatoms. The maximum absolute atomic E-state index is 12.9. The van der Waals surface area contributed by atoms with Crippen molar-refractivity contribution < 1.29 is 23.1 Å². The number of benzene rings is 1. The minimum Gasteiger partial charge on any atom is -0.510 e. The molecule has 1 aliphatic carbocycles. The summed E-state index contributed by atoms with van der Waals surface area (Å²) in [5.41, 5.74) is -1.10. The number of hydrogen-bond acceptors (Lipinski definition) is 4. The molecule has 4 nitrogen and oxygen atoms in total. The minimum absolute atomic E-state index is 0.0146. The summed E-state index contributed by atoms with van der Waals surface area (Å²) in [7, 11) is 0. The van der Waals surface area contributed by atoms with E-state index in [9.17, 15) is 23.1 Å². The quantitative estimate of drug-likeness (QED) is 0.368. The second kappa shape index (κ2) is 6.77. The van der Waals surface area contributed by atoms with Crippen molar-refractivity contribution >= 4 is 24.4 Å². The zero-order chi connectivity index (χ0) is 18.1. The van der Waals surface area contributed by atoms with Gasteiger partial charge >= 0.3 is 6.18 Å². The first-order valence-electron chi connectivity index (χ1n) is 7.27. The Morgan fingerprint density at radius 1 is 1.46 bits per heavy atom. The predicted molar refractivity (Wildman–Crippen MR) is 85.3 cm³/mol. The van der Waals surface area contributed by atoms with Crippen LogP contribution in [-0.4, -0.2) is 11.0 Å². The van der Waals surface area contributed by atoms with Gasteiger partial charge in [-0.3, -0.25) is 9.10 Å². The van der Waals surface area contributed by atoms with Crippen LogP contribution < -0.4 is 4.31 Å². The number of rotatable bonds is 4. The number of carbonyl (C=O) groups excluding carboxylic acids is 1. The molecule has 0 atom stereocenters. The number of allylic oxidation sites excluding steroid dienone is 1. The van der Waals surface area contributed by atoms with E-state index in [0.717, 1.165) is 16.4 Å². The summed E-state index contributed by atoms with van der Waals surface area (Å²) < 4.78 is 39.6. The van der Waals surface area contributed by atoms with Crippen LogP contribution in [-0.2, 0) is 17.4 Å². The van der Waals surface area contributed by atoms with Crippen LogP contribution in [0.4, 0.5) is 18.9 Å². The Kier molecular flexibility index (Phi) is 5.13. The summed E-state index contributed by atoms with van der Waals surface area (Å²) in [5.74, 6) is -1.36. The lowest BCUT2D eigenvalue weighted by atomic mass is 10.0. The molecule has 2 rings (SSSR count). The molecule has 0 heterocycles. The second-order valence-electron chi connectivity index (χ2n) is 5.46. The van der Waals surface area contributed by atoms with Crippen molar-refractivity contribution in [3.05, 3.63) is 40.7 Å². The lowest BCUT2D eigenvalue weighted by Crippen LogP contribution is -2.24. The molecular formula is C16H15F3N2O2S. The Hall–Kier alpha value is -2.14. The first-order chi connectivity index (χ1) is 11.2. The van der Waals surface area contributed by atoms with Gasteiger partial charge in [0.25, 0.3) is 5.91 Å². The molecule has 1 aromatic carbocycles. The average molecular weight is 356 g/mol. The zero-order valence-corrected chi connectivity index (χ0v) is 13.7. The fourth-order valence-electron chi connectivity index (χ4n) is 2.28. The lowest BCUT2D eigenvalue weighted by molar-refractivity contribution is -0.138. The lowest BCUT2D eigenvalue weighted by Gasteiger charge is -2.19. The van der Waals surface area contributed by atoms with Crippen molar-refractivity contribution in [3.8, 4) is 6.07 Å². The van der Waals surface area contributed by atoms with Gasteiger partial charge < -0.3 is 5.11 Å². The van der Waals surface area contributed by atoms with Gasteiger partial charge in [0.15, 0.2) is 5.57 Å². The zero-order valence-electron chi connectivity index (χ0n) is 12.8. The summed E-state index contributed by atoms with van der Waals surface area (Å²) in [6.07, 6.45) is -2.99. The van der Waals surface area contributed by atoms with E-state index in [0.29, 0.717) is 12.8 Å². The molecule has 1 saturated carbocycles. The smallest absolute Gasteiger partial charge is 0.416 e. The summed E-state index contributed by atoms with van der Waals surface area (Å²) in [5, 5.41) is 19.0. The van der Waals surface area contributed by atoms with Gasteiger partial charge in [-0.15, -0.1) is 0 Å². The molecule has 1 N–H and O–H groups in total. The molecule has 1 amide bonds. The molecule has 1 aliphatic rings. The number of nitriles is 1. The highest BCUT2D eigenvalue weighted by atomic mass is 32.1. The minimum atomic E-state index is -4.49. The monoisotopic (exact) mass is 356 g/mol. The number of halogens is 3. The topological polar surface area (TPSA) is 64.3 Å². The third-order valence-corrected chi connectivity index (χ3v) is 4.17. The largest absolute Gasteiger partial charge is 0.510 e. The first-order valence-corrected chi connectivity index (χ1v) is 7.67. The highest BCUT2D eigenvalue weighted by Gasteiger charge is 2.34. The van der Waals surface area contributed by atoms with Gasteiger partial charge in [-0.1, -0.05) is 19.7 Å². The molecule has 24 heavy (non-hydrogen) atoms. The maximum Gasteiger partial charge on any atom is 0.416 e. The molecule has 0 saturated heterocycles. The standard InChI is InChI=1S/C16H15F3N2O2S/c1-2-9-7-11(5-6-13(9)16(17,18)19)21(24)15(23)12(8-20)14(22)10-3-4-10/h5-7,10,22,24H,2-4H2,1H3. The molecule has 0 aliphatic heterocycles. The molecule has 0 aromatic heterocycles. The summed E-state index contributed by atoms with van der Waals surface area (Å²) in [6, 6.07) is 4.84. The molecule has 1 aromatic rings. The van der Waals surface area contributed by atoms with E-state index in [-0.39, 0.29) is 29.3 Å². The number of aryl methyl sites for hydroxylation is 1. The van der Waals surface area contributed by atoms with Gasteiger partial charge in [-0.05, 0) is 43.0 Å². The van der Waals surface area contributed by atoms with Gasteiger partial charge in [0.1, 0.15) is 11.8 Å². The van der Waals surface area contributed by atoms with Crippen LogP contribution in [0.3, 0.4) is 0 Å². The number of aliphatic hydroxyl groups excluding tert-OH is 1. The Balaban J connectivity index is 2.36. The number of anilines is 1. The predicted octanol–water partition coefficient (Wildman–Crippen LogP) is 4.19. The van der Waals surface area contributed by atoms with E-state index in [1.807, 2.05) is 0 Å². The van der Waals surface area contributed by atoms with E-state index in [1.54, 1.807) is 13.0 Å². The highest BCUT2D eigenvalue weighted by Crippen LogP contribution is 2.38. The number of alkyl halides is 3. The van der Waals surface area contributed by atoms with E-state index < -0.39 is 23.2 Å². The number of nitrogens with zero attached hydrogens (tertiary/aromatic N) is 2. The van der Waals surface area contributed by atoms with E-state index in [1.165, 1.54) is 6.07 Å². The second-order valence-corrected chi connectivity index (χ2v) is 5.86. The van der Waals surface area contributed by atoms with E-state index in [4.69, 9.17) is 5.26 Å². The summed E-state index contributed by atoms with van der Waals surface area (Å²) >= 11 is 3.99. The van der Waals surface area contributed by atoms with Gasteiger partial charge in [-0.2, -0.15) is 18.4 Å². The Morgan fingerprint density at radius 3 is 2.54 bits per heavy atom. The van der Waals surface area contributed by atoms with Crippen molar-refractivity contribution in [2.75, 3.05) is 4.31 Å². The van der Waals surface area contributed by atoms with Gasteiger partial charge in [0.2, 0.25) is 0 Å². The fourth-order valence-corrected chi connectivity index (χ4v) is 2.50. The van der Waals surface area contributed by atoms with Gasteiger partial charge in [-0.25, -0.2) is 0 Å². The SMILES string of the molecule is CCc1cc(N(S)C(=O)C(C#N)=C(O)C2CC2)ccc1C(F)(F)F. The Morgan fingerprint density at radius 2 is 2.08 bits per heavy atom. The number of hydrogen-bond donors (Lipinski definition) is 2. The Bertz CT molecular complexity index is 734. The van der Waals surface area contributed by atoms with E-state index >= 15 is 0 Å².